The Bertz CT molecular complexity index is 993. The van der Waals surface area contributed by atoms with Gasteiger partial charge in [0.1, 0.15) is 25.6 Å². The Labute approximate surface area is 194 Å². The summed E-state index contributed by atoms with van der Waals surface area (Å²) in [6.45, 7) is 8.03. The topological polar surface area (TPSA) is 120 Å². The number of nitrogens with zero attached hydrogens (tertiary/aromatic N) is 2. The molecule has 1 unspecified atom stereocenters. The van der Waals surface area contributed by atoms with Gasteiger partial charge in [0.15, 0.2) is 17.1 Å². The minimum atomic E-state index is -1.23. The third-order valence-corrected chi connectivity index (χ3v) is 7.12. The second-order valence-corrected chi connectivity index (χ2v) is 15.3. The highest BCUT2D eigenvalue weighted by Gasteiger charge is 2.39. The second kappa shape index (κ2) is 9.86. The number of carbonyl (C=O) groups excluding carboxylic acids is 1. The van der Waals surface area contributed by atoms with E-state index in [0.717, 1.165) is 11.6 Å². The molecule has 0 bridgehead atoms. The molecule has 1 aliphatic carbocycles. The average molecular weight is 475 g/mol. The summed E-state index contributed by atoms with van der Waals surface area (Å²) in [5.74, 6) is -0.155. The normalized spacial score (nSPS) is 16.6. The number of hydroxylamine groups is 2. The van der Waals surface area contributed by atoms with Crippen LogP contribution in [-0.4, -0.2) is 55.1 Å². The van der Waals surface area contributed by atoms with Crippen molar-refractivity contribution in [2.75, 3.05) is 13.1 Å². The fraction of sp³-hybridized carbons (Fsp3) is 0.524. The number of fused-ring (bicyclic) bond motifs is 1. The Kier molecular flexibility index (Phi) is 7.10. The fourth-order valence-electron chi connectivity index (χ4n) is 3.35. The minimum absolute atomic E-state index is 0.00905. The van der Waals surface area contributed by atoms with Gasteiger partial charge in [-0.1, -0.05) is 19.6 Å². The molecule has 1 fully saturated rings. The number of aromatic nitrogens is 2. The zero-order valence-electron chi connectivity index (χ0n) is 19.2. The lowest BCUT2D eigenvalue weighted by molar-refractivity contribution is -0.770. The number of rotatable bonds is 10. The van der Waals surface area contributed by atoms with Crippen LogP contribution < -0.4 is 19.2 Å². The van der Waals surface area contributed by atoms with Crippen LogP contribution in [-0.2, 0) is 18.1 Å². The van der Waals surface area contributed by atoms with Crippen LogP contribution in [0.2, 0.25) is 25.7 Å². The standard InChI is InChI=1S/C21H30BN3O7Si/c1-33(2,3)9-8-29-14-24-11-15(10-23-24)12-30-17-6-7-18-20(32-22(27)13-31-18)19(17)21(26)25(28)16-4-5-16/h6-7,10-11,16,25,27H,4-5,8-9,12-14H2,1-3H3. The third-order valence-electron chi connectivity index (χ3n) is 5.42. The van der Waals surface area contributed by atoms with Crippen molar-refractivity contribution in [1.82, 2.24) is 9.78 Å². The van der Waals surface area contributed by atoms with Crippen LogP contribution in [0, 0.1) is 5.21 Å². The molecule has 1 amide bonds. The summed E-state index contributed by atoms with van der Waals surface area (Å²) in [5.41, 5.74) is 0.774. The molecule has 2 aromatic rings. The van der Waals surface area contributed by atoms with E-state index in [1.165, 1.54) is 0 Å². The van der Waals surface area contributed by atoms with Crippen LogP contribution in [0.15, 0.2) is 24.5 Å². The van der Waals surface area contributed by atoms with Crippen molar-refractivity contribution >= 4 is 21.1 Å². The lowest BCUT2D eigenvalue weighted by Gasteiger charge is -2.26. The number of carbonyl (C=O) groups is 1. The van der Waals surface area contributed by atoms with E-state index < -0.39 is 26.2 Å². The summed E-state index contributed by atoms with van der Waals surface area (Å²) >= 11 is 0. The van der Waals surface area contributed by atoms with Gasteiger partial charge in [-0.15, -0.1) is 0 Å². The lowest BCUT2D eigenvalue weighted by Crippen LogP contribution is -3.11. The molecule has 2 heterocycles. The number of amides is 1. The van der Waals surface area contributed by atoms with Crippen molar-refractivity contribution < 1.29 is 33.7 Å². The van der Waals surface area contributed by atoms with Crippen molar-refractivity contribution in [3.8, 4) is 17.2 Å². The maximum absolute atomic E-state index is 13.0. The van der Waals surface area contributed by atoms with Crippen LogP contribution in [0.25, 0.3) is 0 Å². The molecule has 178 valence electrons. The first-order valence-electron chi connectivity index (χ1n) is 11.2. The zero-order chi connectivity index (χ0) is 23.6. The molecule has 12 heteroatoms. The zero-order valence-corrected chi connectivity index (χ0v) is 20.2. The minimum Gasteiger partial charge on any atom is -0.626 e. The summed E-state index contributed by atoms with van der Waals surface area (Å²) in [7, 11) is -2.37. The molecule has 0 saturated heterocycles. The molecule has 0 radical (unpaired) electrons. The number of hydrogen-bond donors (Lipinski definition) is 2. The summed E-state index contributed by atoms with van der Waals surface area (Å²) in [6, 6.07) is 4.01. The van der Waals surface area contributed by atoms with Crippen molar-refractivity contribution in [3.63, 3.8) is 0 Å². The molecule has 1 aliphatic heterocycles. The second-order valence-electron chi connectivity index (χ2n) is 9.64. The fourth-order valence-corrected chi connectivity index (χ4v) is 4.10. The molecule has 1 aromatic heterocycles. The maximum atomic E-state index is 13.0. The molecule has 0 spiro atoms. The first-order valence-corrected chi connectivity index (χ1v) is 14.9. The molecule has 1 atom stereocenters. The molecular weight excluding hydrogens is 445 g/mol. The average Bonchev–Trinajstić information content (AvgIpc) is 3.52. The van der Waals surface area contributed by atoms with Gasteiger partial charge in [-0.05, 0) is 18.2 Å². The number of nitrogens with one attached hydrogen (secondary N) is 1. The number of quaternary nitrogens is 1. The summed E-state index contributed by atoms with van der Waals surface area (Å²) in [6.07, 6.45) is 4.89. The summed E-state index contributed by atoms with van der Waals surface area (Å²) < 4.78 is 24.2. The molecule has 33 heavy (non-hydrogen) atoms. The van der Waals surface area contributed by atoms with Crippen molar-refractivity contribution in [1.29, 1.82) is 0 Å². The van der Waals surface area contributed by atoms with E-state index >= 15 is 0 Å². The molecule has 2 aliphatic rings. The molecule has 1 aromatic carbocycles. The van der Waals surface area contributed by atoms with E-state index in [4.69, 9.17) is 18.9 Å². The summed E-state index contributed by atoms with van der Waals surface area (Å²) in [4.78, 5) is 13.0. The highest BCUT2D eigenvalue weighted by atomic mass is 28.3. The van der Waals surface area contributed by atoms with E-state index in [1.54, 1.807) is 23.0 Å². The lowest BCUT2D eigenvalue weighted by atomic mass is 9.91. The van der Waals surface area contributed by atoms with Crippen molar-refractivity contribution in [3.05, 3.63) is 40.9 Å². The van der Waals surface area contributed by atoms with Crippen LogP contribution >= 0.6 is 0 Å². The predicted molar refractivity (Wildman–Crippen MR) is 123 cm³/mol. The Balaban J connectivity index is 1.44. The van der Waals surface area contributed by atoms with E-state index in [-0.39, 0.29) is 36.2 Å². The van der Waals surface area contributed by atoms with Crippen molar-refractivity contribution in [2.24, 2.45) is 0 Å². The molecular formula is C21H30BN3O7Si. The SMILES string of the molecule is C[Si](C)(C)CCOCn1cc(COc2ccc3c(c2C(=O)[NH+]([O-])C2CC2)OB(O)CO3)cn1. The molecule has 1 saturated carbocycles. The Morgan fingerprint density at radius 2 is 2.18 bits per heavy atom. The van der Waals surface area contributed by atoms with Gasteiger partial charge in [-0.2, -0.15) is 5.10 Å². The van der Waals surface area contributed by atoms with E-state index in [2.05, 4.69) is 24.7 Å². The van der Waals surface area contributed by atoms with Gasteiger partial charge in [-0.25, -0.2) is 9.48 Å². The largest absolute Gasteiger partial charge is 0.626 e. The van der Waals surface area contributed by atoms with Gasteiger partial charge in [0.25, 0.3) is 0 Å². The number of hydrogen-bond acceptors (Lipinski definition) is 8. The quantitative estimate of drug-likeness (QED) is 0.299. The highest BCUT2D eigenvalue weighted by molar-refractivity contribution is 6.76. The Hall–Kier alpha value is -2.38. The Morgan fingerprint density at radius 1 is 1.39 bits per heavy atom. The van der Waals surface area contributed by atoms with Gasteiger partial charge in [0.2, 0.25) is 0 Å². The van der Waals surface area contributed by atoms with Crippen molar-refractivity contribution in [2.45, 2.75) is 57.9 Å². The molecule has 4 rings (SSSR count). The number of benzene rings is 1. The van der Waals surface area contributed by atoms with Crippen LogP contribution in [0.4, 0.5) is 0 Å². The smallest absolute Gasteiger partial charge is 0.563 e. The van der Waals surface area contributed by atoms with Gasteiger partial charge in [0.05, 0.1) is 12.2 Å². The molecule has 2 N–H and O–H groups in total. The monoisotopic (exact) mass is 475 g/mol. The van der Waals surface area contributed by atoms with E-state index in [9.17, 15) is 15.0 Å². The van der Waals surface area contributed by atoms with Crippen LogP contribution in [0.1, 0.15) is 28.8 Å². The Morgan fingerprint density at radius 3 is 2.91 bits per heavy atom. The van der Waals surface area contributed by atoms with Crippen LogP contribution in [0.5, 0.6) is 17.2 Å². The van der Waals surface area contributed by atoms with Gasteiger partial charge in [-0.3, -0.25) is 0 Å². The van der Waals surface area contributed by atoms with Gasteiger partial charge < -0.3 is 34.2 Å². The third kappa shape index (κ3) is 6.15. The highest BCUT2D eigenvalue weighted by Crippen LogP contribution is 2.40. The van der Waals surface area contributed by atoms with E-state index in [0.29, 0.717) is 31.9 Å². The van der Waals surface area contributed by atoms with Gasteiger partial charge in [0, 0.05) is 39.3 Å². The molecule has 10 nitrogen and oxygen atoms in total. The number of ether oxygens (including phenoxy) is 3. The first-order chi connectivity index (χ1) is 15.7. The predicted octanol–water partition coefficient (Wildman–Crippen LogP) is 1.25. The van der Waals surface area contributed by atoms with E-state index in [1.807, 2.05) is 6.20 Å². The first kappa shape index (κ1) is 23.8. The van der Waals surface area contributed by atoms with Crippen LogP contribution in [0.3, 0.4) is 0 Å². The maximum Gasteiger partial charge on any atom is 0.563 e. The summed E-state index contributed by atoms with van der Waals surface area (Å²) in [5, 5.41) is 26.2. The van der Waals surface area contributed by atoms with Gasteiger partial charge >= 0.3 is 13.0 Å².